The molecule has 6 nitrogen and oxygen atoms in total. The van der Waals surface area contributed by atoms with Gasteiger partial charge in [-0.05, 0) is 37.1 Å². The molecule has 1 amide bonds. The van der Waals surface area contributed by atoms with Crippen LogP contribution in [0.4, 0.5) is 5.69 Å². The van der Waals surface area contributed by atoms with Crippen molar-refractivity contribution >= 4 is 32.5 Å². The zero-order valence-corrected chi connectivity index (χ0v) is 13.3. The van der Waals surface area contributed by atoms with E-state index in [1.54, 1.807) is 6.20 Å². The van der Waals surface area contributed by atoms with E-state index in [4.69, 9.17) is 0 Å². The third-order valence-corrected chi connectivity index (χ3v) is 6.76. The summed E-state index contributed by atoms with van der Waals surface area (Å²) in [5.74, 6) is -0.418. The van der Waals surface area contributed by atoms with E-state index in [2.05, 4.69) is 10.3 Å². The van der Waals surface area contributed by atoms with Crippen molar-refractivity contribution in [1.82, 2.24) is 9.29 Å². The summed E-state index contributed by atoms with van der Waals surface area (Å²) >= 11 is 0. The molecule has 0 atom stereocenters. The molecular formula is C16H17N3O3S. The summed E-state index contributed by atoms with van der Waals surface area (Å²) in [5.41, 5.74) is 1.53. The quantitative estimate of drug-likeness (QED) is 0.923. The number of benzene rings is 1. The van der Waals surface area contributed by atoms with E-state index in [-0.39, 0.29) is 30.2 Å². The van der Waals surface area contributed by atoms with Crippen LogP contribution in [0.1, 0.15) is 12.8 Å². The summed E-state index contributed by atoms with van der Waals surface area (Å²) in [5, 5.41) is 3.57. The summed E-state index contributed by atoms with van der Waals surface area (Å²) in [6.07, 6.45) is 3.21. The van der Waals surface area contributed by atoms with Crippen LogP contribution >= 0.6 is 0 Å². The van der Waals surface area contributed by atoms with Gasteiger partial charge < -0.3 is 5.32 Å². The molecule has 1 aromatic carbocycles. The molecule has 4 rings (SSSR count). The van der Waals surface area contributed by atoms with Gasteiger partial charge in [-0.15, -0.1) is 0 Å². The number of rotatable bonds is 4. The van der Waals surface area contributed by atoms with Gasteiger partial charge in [-0.1, -0.05) is 6.07 Å². The van der Waals surface area contributed by atoms with Gasteiger partial charge in [0.25, 0.3) is 0 Å². The van der Waals surface area contributed by atoms with Gasteiger partial charge in [0, 0.05) is 24.7 Å². The highest BCUT2D eigenvalue weighted by Crippen LogP contribution is 2.34. The van der Waals surface area contributed by atoms with Crippen LogP contribution < -0.4 is 5.32 Å². The Kier molecular flexibility index (Phi) is 3.35. The Bertz CT molecular complexity index is 866. The van der Waals surface area contributed by atoms with Gasteiger partial charge in [0.1, 0.15) is 0 Å². The molecule has 0 radical (unpaired) electrons. The second kappa shape index (κ2) is 5.28. The third kappa shape index (κ3) is 2.60. The highest BCUT2D eigenvalue weighted by Gasteiger charge is 2.46. The predicted molar refractivity (Wildman–Crippen MR) is 87.4 cm³/mol. The number of carbonyl (C=O) groups is 1. The van der Waals surface area contributed by atoms with Gasteiger partial charge in [-0.3, -0.25) is 9.78 Å². The number of amides is 1. The number of aromatic nitrogens is 1. The van der Waals surface area contributed by atoms with Crippen LogP contribution in [0.5, 0.6) is 0 Å². The summed E-state index contributed by atoms with van der Waals surface area (Å²) in [4.78, 5) is 16.6. The zero-order chi connectivity index (χ0) is 16.0. The molecule has 7 heteroatoms. The Labute approximate surface area is 134 Å². The minimum Gasteiger partial charge on any atom is -0.325 e. The minimum absolute atomic E-state index is 0.136. The first-order chi connectivity index (χ1) is 11.1. The van der Waals surface area contributed by atoms with E-state index >= 15 is 0 Å². The summed E-state index contributed by atoms with van der Waals surface area (Å²) in [6.45, 7) is 0.571. The van der Waals surface area contributed by atoms with Crippen LogP contribution in [0.3, 0.4) is 0 Å². The lowest BCUT2D eigenvalue weighted by atomic mass is 10.0. The van der Waals surface area contributed by atoms with E-state index in [9.17, 15) is 13.2 Å². The van der Waals surface area contributed by atoms with Crippen molar-refractivity contribution in [2.24, 2.45) is 5.92 Å². The number of nitrogens with one attached hydrogen (secondary N) is 1. The van der Waals surface area contributed by atoms with E-state index in [1.807, 2.05) is 30.3 Å². The van der Waals surface area contributed by atoms with E-state index in [1.165, 1.54) is 4.31 Å². The van der Waals surface area contributed by atoms with Crippen molar-refractivity contribution in [2.75, 3.05) is 18.4 Å². The molecule has 2 aliphatic rings. The number of anilines is 1. The molecule has 1 saturated carbocycles. The smallest absolute Gasteiger partial charge is 0.230 e. The topological polar surface area (TPSA) is 79.4 Å². The van der Waals surface area contributed by atoms with E-state index in [0.29, 0.717) is 5.69 Å². The fourth-order valence-corrected chi connectivity index (χ4v) is 4.76. The van der Waals surface area contributed by atoms with Gasteiger partial charge >= 0.3 is 0 Å². The van der Waals surface area contributed by atoms with Crippen LogP contribution in [0, 0.1) is 5.92 Å². The van der Waals surface area contributed by atoms with Crippen LogP contribution in [0.2, 0.25) is 0 Å². The molecule has 0 spiro atoms. The first-order valence-corrected chi connectivity index (χ1v) is 9.19. The number of fused-ring (bicyclic) bond motifs is 1. The number of sulfonamides is 1. The first-order valence-electron chi connectivity index (χ1n) is 7.69. The lowest BCUT2D eigenvalue weighted by Crippen LogP contribution is -2.55. The van der Waals surface area contributed by atoms with Crippen molar-refractivity contribution in [2.45, 2.75) is 18.1 Å². The average Bonchev–Trinajstić information content (AvgIpc) is 3.31. The molecule has 2 fully saturated rings. The second-order valence-electron chi connectivity index (χ2n) is 6.12. The Morgan fingerprint density at radius 1 is 1.17 bits per heavy atom. The highest BCUT2D eigenvalue weighted by molar-refractivity contribution is 7.90. The van der Waals surface area contributed by atoms with Crippen molar-refractivity contribution in [3.63, 3.8) is 0 Å². The van der Waals surface area contributed by atoms with Gasteiger partial charge in [-0.2, -0.15) is 4.31 Å². The lowest BCUT2D eigenvalue weighted by molar-refractivity contribution is -0.122. The fraction of sp³-hybridized carbons (Fsp3) is 0.375. The zero-order valence-electron chi connectivity index (χ0n) is 12.5. The monoisotopic (exact) mass is 331 g/mol. The maximum absolute atomic E-state index is 12.3. The molecular weight excluding hydrogens is 314 g/mol. The molecule has 1 N–H and O–H groups in total. The largest absolute Gasteiger partial charge is 0.325 e. The van der Waals surface area contributed by atoms with Crippen molar-refractivity contribution in [3.05, 3.63) is 36.5 Å². The van der Waals surface area contributed by atoms with Crippen LogP contribution in [-0.4, -0.2) is 42.0 Å². The summed E-state index contributed by atoms with van der Waals surface area (Å²) in [7, 11) is -3.16. The van der Waals surface area contributed by atoms with Gasteiger partial charge in [-0.25, -0.2) is 8.42 Å². The maximum atomic E-state index is 12.3. The maximum Gasteiger partial charge on any atom is 0.230 e. The van der Waals surface area contributed by atoms with Crippen molar-refractivity contribution in [3.8, 4) is 0 Å². The van der Waals surface area contributed by atoms with E-state index in [0.717, 1.165) is 23.7 Å². The number of hydrogen-bond donors (Lipinski definition) is 1. The molecule has 1 aliphatic heterocycles. The van der Waals surface area contributed by atoms with Crippen molar-refractivity contribution in [1.29, 1.82) is 0 Å². The average molecular weight is 331 g/mol. The predicted octanol–water partition coefficient (Wildman–Crippen LogP) is 1.60. The number of hydrogen-bond acceptors (Lipinski definition) is 4. The SMILES string of the molecule is O=C(Nc1cccc2ncccc12)C1CN(S(=O)(=O)C2CC2)C1. The Morgan fingerprint density at radius 3 is 2.70 bits per heavy atom. The molecule has 23 heavy (non-hydrogen) atoms. The minimum atomic E-state index is -3.16. The molecule has 0 bridgehead atoms. The number of carbonyl (C=O) groups excluding carboxylic acids is 1. The fourth-order valence-electron chi connectivity index (χ4n) is 2.84. The van der Waals surface area contributed by atoms with Crippen molar-refractivity contribution < 1.29 is 13.2 Å². The molecule has 120 valence electrons. The highest BCUT2D eigenvalue weighted by atomic mass is 32.2. The molecule has 2 aromatic rings. The lowest BCUT2D eigenvalue weighted by Gasteiger charge is -2.37. The van der Waals surface area contributed by atoms with Gasteiger partial charge in [0.05, 0.1) is 22.4 Å². The van der Waals surface area contributed by atoms with Crippen LogP contribution in [0.15, 0.2) is 36.5 Å². The normalized spacial score (nSPS) is 19.5. The number of pyridine rings is 1. The summed E-state index contributed by atoms with van der Waals surface area (Å²) < 4.78 is 25.6. The van der Waals surface area contributed by atoms with Crippen LogP contribution in [-0.2, 0) is 14.8 Å². The Hall–Kier alpha value is -1.99. The van der Waals surface area contributed by atoms with E-state index < -0.39 is 10.0 Å². The van der Waals surface area contributed by atoms with Crippen LogP contribution in [0.25, 0.3) is 10.9 Å². The first kappa shape index (κ1) is 14.6. The Morgan fingerprint density at radius 2 is 1.96 bits per heavy atom. The van der Waals surface area contributed by atoms with Gasteiger partial charge in [0.15, 0.2) is 0 Å². The Balaban J connectivity index is 1.45. The molecule has 1 saturated heterocycles. The molecule has 1 aromatic heterocycles. The molecule has 2 heterocycles. The second-order valence-corrected chi connectivity index (χ2v) is 8.34. The molecule has 0 unspecified atom stereocenters. The van der Waals surface area contributed by atoms with Gasteiger partial charge in [0.2, 0.25) is 15.9 Å². The standard InChI is InChI=1S/C16H17N3O3S/c20-16(11-9-19(10-11)23(21,22)12-6-7-12)18-15-5-1-4-14-13(15)3-2-8-17-14/h1-5,8,11-12H,6-7,9-10H2,(H,18,20). The number of nitrogens with zero attached hydrogens (tertiary/aromatic N) is 2. The third-order valence-electron chi connectivity index (χ3n) is 4.43. The molecule has 1 aliphatic carbocycles. The summed E-state index contributed by atoms with van der Waals surface area (Å²) in [6, 6.07) is 9.29.